The van der Waals surface area contributed by atoms with E-state index in [2.05, 4.69) is 72.4 Å². The van der Waals surface area contributed by atoms with E-state index in [0.29, 0.717) is 0 Å². The van der Waals surface area contributed by atoms with Crippen LogP contribution in [0.25, 0.3) is 22.0 Å². The predicted molar refractivity (Wildman–Crippen MR) is 115 cm³/mol. The molecule has 2 nitrogen and oxygen atoms in total. The van der Waals surface area contributed by atoms with Crippen molar-refractivity contribution in [3.63, 3.8) is 0 Å². The fraction of sp³-hybridized carbons (Fsp3) is 0.200. The summed E-state index contributed by atoms with van der Waals surface area (Å²) in [5, 5.41) is 4.77. The van der Waals surface area contributed by atoms with Gasteiger partial charge in [-0.2, -0.15) is 0 Å². The highest BCUT2D eigenvalue weighted by Crippen LogP contribution is 2.32. The van der Waals surface area contributed by atoms with Crippen molar-refractivity contribution in [2.24, 2.45) is 0 Å². The molecule has 3 heteroatoms. The lowest BCUT2D eigenvalue weighted by molar-refractivity contribution is 0.575. The molecule has 0 spiro atoms. The maximum Gasteiger partial charge on any atom is 0.123 e. The Kier molecular flexibility index (Phi) is 5.27. The summed E-state index contributed by atoms with van der Waals surface area (Å²) in [7, 11) is 0. The molecule has 28 heavy (non-hydrogen) atoms. The molecular formula is C25H25FN2. The Balaban J connectivity index is 1.65. The monoisotopic (exact) mass is 372 g/mol. The summed E-state index contributed by atoms with van der Waals surface area (Å²) in [6.45, 7) is 5.98. The van der Waals surface area contributed by atoms with Gasteiger partial charge < -0.3 is 9.88 Å². The second-order valence-electron chi connectivity index (χ2n) is 7.20. The molecular weight excluding hydrogens is 347 g/mol. The molecule has 4 rings (SSSR count). The van der Waals surface area contributed by atoms with Crippen LogP contribution in [0, 0.1) is 5.82 Å². The average Bonchev–Trinajstić information content (AvgIpc) is 3.10. The van der Waals surface area contributed by atoms with Gasteiger partial charge in [-0.25, -0.2) is 4.39 Å². The summed E-state index contributed by atoms with van der Waals surface area (Å²) in [4.78, 5) is 0. The van der Waals surface area contributed by atoms with Crippen molar-refractivity contribution in [3.05, 3.63) is 95.9 Å². The highest BCUT2D eigenvalue weighted by atomic mass is 19.1. The zero-order valence-corrected chi connectivity index (χ0v) is 16.3. The Bertz CT molecular complexity index is 1080. The van der Waals surface area contributed by atoms with Gasteiger partial charge in [0.15, 0.2) is 0 Å². The number of aryl methyl sites for hydroxylation is 1. The van der Waals surface area contributed by atoms with E-state index >= 15 is 0 Å². The highest BCUT2D eigenvalue weighted by molar-refractivity contribution is 5.96. The Morgan fingerprint density at radius 3 is 2.54 bits per heavy atom. The van der Waals surface area contributed by atoms with Gasteiger partial charge in [0.05, 0.1) is 0 Å². The van der Waals surface area contributed by atoms with Crippen molar-refractivity contribution in [1.82, 2.24) is 9.88 Å². The lowest BCUT2D eigenvalue weighted by atomic mass is 10.0. The van der Waals surface area contributed by atoms with Gasteiger partial charge in [0.25, 0.3) is 0 Å². The Hall–Kier alpha value is -2.91. The van der Waals surface area contributed by atoms with E-state index in [0.717, 1.165) is 24.2 Å². The molecule has 0 amide bonds. The molecule has 1 aromatic heterocycles. The quantitative estimate of drug-likeness (QED) is 0.419. The van der Waals surface area contributed by atoms with Crippen LogP contribution in [0.4, 0.5) is 4.39 Å². The number of hydrogen-bond acceptors (Lipinski definition) is 1. The summed E-state index contributed by atoms with van der Waals surface area (Å²) in [5.74, 6) is -0.204. The Morgan fingerprint density at radius 2 is 1.79 bits per heavy atom. The maximum atomic E-state index is 13.8. The second-order valence-corrected chi connectivity index (χ2v) is 7.20. The molecule has 0 fully saturated rings. The average molecular weight is 372 g/mol. The van der Waals surface area contributed by atoms with Crippen molar-refractivity contribution >= 4 is 10.9 Å². The lowest BCUT2D eigenvalue weighted by Gasteiger charge is -2.14. The lowest BCUT2D eigenvalue weighted by Crippen LogP contribution is -2.17. The van der Waals surface area contributed by atoms with Gasteiger partial charge in [-0.15, -0.1) is 0 Å². The maximum absolute atomic E-state index is 13.8. The minimum Gasteiger partial charge on any atom is -0.347 e. The number of hydrogen-bond donors (Lipinski definition) is 1. The molecule has 1 atom stereocenters. The number of halogens is 1. The highest BCUT2D eigenvalue weighted by Gasteiger charge is 2.12. The summed E-state index contributed by atoms with van der Waals surface area (Å²) < 4.78 is 16.0. The molecule has 0 saturated carbocycles. The van der Waals surface area contributed by atoms with Crippen molar-refractivity contribution in [3.8, 4) is 11.1 Å². The third-order valence-electron chi connectivity index (χ3n) is 5.33. The number of aromatic nitrogens is 1. The van der Waals surface area contributed by atoms with E-state index in [-0.39, 0.29) is 11.9 Å². The molecule has 0 saturated heterocycles. The van der Waals surface area contributed by atoms with E-state index in [9.17, 15) is 4.39 Å². The minimum atomic E-state index is -0.204. The van der Waals surface area contributed by atoms with E-state index in [1.807, 2.05) is 12.1 Å². The van der Waals surface area contributed by atoms with Gasteiger partial charge in [-0.05, 0) is 54.8 Å². The molecule has 0 aliphatic heterocycles. The van der Waals surface area contributed by atoms with Gasteiger partial charge >= 0.3 is 0 Å². The smallest absolute Gasteiger partial charge is 0.123 e. The van der Waals surface area contributed by atoms with Crippen LogP contribution in [-0.4, -0.2) is 4.57 Å². The van der Waals surface area contributed by atoms with Gasteiger partial charge in [-0.1, -0.05) is 48.5 Å². The fourth-order valence-electron chi connectivity index (χ4n) is 3.73. The molecule has 4 aromatic rings. The van der Waals surface area contributed by atoms with Crippen LogP contribution in [-0.2, 0) is 13.1 Å². The summed E-state index contributed by atoms with van der Waals surface area (Å²) in [6, 6.07) is 24.2. The van der Waals surface area contributed by atoms with Gasteiger partial charge in [-0.3, -0.25) is 0 Å². The first-order valence-electron chi connectivity index (χ1n) is 9.81. The normalized spacial score (nSPS) is 12.4. The molecule has 0 bridgehead atoms. The number of fused-ring (bicyclic) bond motifs is 1. The van der Waals surface area contributed by atoms with E-state index in [1.54, 1.807) is 12.1 Å². The molecule has 0 aliphatic carbocycles. The van der Waals surface area contributed by atoms with Crippen molar-refractivity contribution in [2.75, 3.05) is 0 Å². The number of benzene rings is 3. The predicted octanol–water partition coefficient (Wildman–Crippen LogP) is 6.32. The summed E-state index contributed by atoms with van der Waals surface area (Å²) in [6.07, 6.45) is 2.13. The van der Waals surface area contributed by atoms with E-state index in [1.165, 1.54) is 28.1 Å². The SMILES string of the molecule is CCn1cc(-c2cccc(F)c2)c2cc(CNC(C)c3ccccc3)ccc21. The first-order valence-corrected chi connectivity index (χ1v) is 9.81. The van der Waals surface area contributed by atoms with Gasteiger partial charge in [0.1, 0.15) is 5.82 Å². The Morgan fingerprint density at radius 1 is 0.964 bits per heavy atom. The topological polar surface area (TPSA) is 17.0 Å². The zero-order valence-electron chi connectivity index (χ0n) is 16.3. The summed E-state index contributed by atoms with van der Waals surface area (Å²) >= 11 is 0. The van der Waals surface area contributed by atoms with Crippen LogP contribution in [0.1, 0.15) is 31.0 Å². The largest absolute Gasteiger partial charge is 0.347 e. The number of rotatable bonds is 6. The standard InChI is InChI=1S/C25H25FN2/c1-3-28-17-24(21-10-7-11-22(26)15-21)23-14-19(12-13-25(23)28)16-27-18(2)20-8-5-4-6-9-20/h4-15,17-18,27H,3,16H2,1-2H3. The van der Waals surface area contributed by atoms with E-state index in [4.69, 9.17) is 0 Å². The molecule has 0 radical (unpaired) electrons. The third-order valence-corrected chi connectivity index (χ3v) is 5.33. The van der Waals surface area contributed by atoms with Crippen LogP contribution < -0.4 is 5.32 Å². The van der Waals surface area contributed by atoms with Crippen LogP contribution >= 0.6 is 0 Å². The number of nitrogens with zero attached hydrogens (tertiary/aromatic N) is 1. The van der Waals surface area contributed by atoms with E-state index < -0.39 is 0 Å². The van der Waals surface area contributed by atoms with Crippen molar-refractivity contribution in [2.45, 2.75) is 33.0 Å². The first-order chi connectivity index (χ1) is 13.7. The first kappa shape index (κ1) is 18.5. The molecule has 3 aromatic carbocycles. The van der Waals surface area contributed by atoms with Crippen molar-refractivity contribution in [1.29, 1.82) is 0 Å². The third kappa shape index (κ3) is 3.71. The molecule has 1 unspecified atom stereocenters. The zero-order chi connectivity index (χ0) is 19.5. The summed E-state index contributed by atoms with van der Waals surface area (Å²) in [5.41, 5.74) is 5.68. The van der Waals surface area contributed by atoms with Crippen LogP contribution in [0.2, 0.25) is 0 Å². The molecule has 1 N–H and O–H groups in total. The van der Waals surface area contributed by atoms with Crippen LogP contribution in [0.15, 0.2) is 79.0 Å². The molecule has 0 aliphatic rings. The Labute approximate surface area is 165 Å². The molecule has 1 heterocycles. The fourth-order valence-corrected chi connectivity index (χ4v) is 3.73. The minimum absolute atomic E-state index is 0.204. The van der Waals surface area contributed by atoms with Crippen LogP contribution in [0.5, 0.6) is 0 Å². The number of nitrogens with one attached hydrogen (secondary N) is 1. The van der Waals surface area contributed by atoms with Crippen LogP contribution in [0.3, 0.4) is 0 Å². The van der Waals surface area contributed by atoms with Gasteiger partial charge in [0.2, 0.25) is 0 Å². The van der Waals surface area contributed by atoms with Gasteiger partial charge in [0, 0.05) is 41.8 Å². The van der Waals surface area contributed by atoms with Crippen molar-refractivity contribution < 1.29 is 4.39 Å². The second kappa shape index (κ2) is 7.99. The molecule has 142 valence electrons.